The molecule has 1 saturated heterocycles. The third-order valence-corrected chi connectivity index (χ3v) is 2.96. The molecule has 16 heavy (non-hydrogen) atoms. The summed E-state index contributed by atoms with van der Waals surface area (Å²) in [6.45, 7) is 5.19. The average molecular weight is 228 g/mol. The van der Waals surface area contributed by atoms with E-state index in [4.69, 9.17) is 10.5 Å². The molecule has 0 unspecified atom stereocenters. The lowest BCUT2D eigenvalue weighted by Gasteiger charge is -2.32. The Hall–Kier alpha value is -0.610. The SMILES string of the molecule is CCCC(=O)N1CCC(OCCCN)CC1. The Bertz CT molecular complexity index is 201. The second-order valence-corrected chi connectivity index (χ2v) is 4.34. The normalized spacial score (nSPS) is 17.8. The minimum absolute atomic E-state index is 0.294. The smallest absolute Gasteiger partial charge is 0.222 e. The molecule has 1 aliphatic rings. The number of rotatable bonds is 6. The maximum absolute atomic E-state index is 11.6. The first-order valence-corrected chi connectivity index (χ1v) is 6.37. The molecule has 0 atom stereocenters. The molecule has 2 N–H and O–H groups in total. The number of piperidine rings is 1. The van der Waals surface area contributed by atoms with Crippen molar-refractivity contribution in [3.63, 3.8) is 0 Å². The molecule has 1 aliphatic heterocycles. The van der Waals surface area contributed by atoms with Crippen molar-refractivity contribution in [1.82, 2.24) is 4.90 Å². The van der Waals surface area contributed by atoms with Gasteiger partial charge in [0.15, 0.2) is 0 Å². The van der Waals surface area contributed by atoms with Crippen LogP contribution in [0.3, 0.4) is 0 Å². The van der Waals surface area contributed by atoms with Crippen LogP contribution < -0.4 is 5.73 Å². The number of ether oxygens (including phenoxy) is 1. The lowest BCUT2D eigenvalue weighted by atomic mass is 10.1. The summed E-state index contributed by atoms with van der Waals surface area (Å²) in [6, 6.07) is 0. The van der Waals surface area contributed by atoms with Crippen LogP contribution >= 0.6 is 0 Å². The fraction of sp³-hybridized carbons (Fsp3) is 0.917. The zero-order valence-corrected chi connectivity index (χ0v) is 10.3. The predicted molar refractivity (Wildman–Crippen MR) is 64.1 cm³/mol. The van der Waals surface area contributed by atoms with Gasteiger partial charge in [-0.2, -0.15) is 0 Å². The number of carbonyl (C=O) groups is 1. The van der Waals surface area contributed by atoms with Crippen LogP contribution in [-0.4, -0.2) is 43.2 Å². The van der Waals surface area contributed by atoms with Crippen LogP contribution in [0.4, 0.5) is 0 Å². The number of likely N-dealkylation sites (tertiary alicyclic amines) is 1. The molecule has 0 aromatic heterocycles. The van der Waals surface area contributed by atoms with Crippen molar-refractivity contribution < 1.29 is 9.53 Å². The van der Waals surface area contributed by atoms with Crippen LogP contribution in [0.1, 0.15) is 39.0 Å². The Labute approximate surface area is 98.1 Å². The molecular formula is C12H24N2O2. The Morgan fingerprint density at radius 2 is 2.12 bits per heavy atom. The summed E-state index contributed by atoms with van der Waals surface area (Å²) in [4.78, 5) is 13.6. The minimum atomic E-state index is 0.294. The van der Waals surface area contributed by atoms with Gasteiger partial charge in [-0.25, -0.2) is 0 Å². The third kappa shape index (κ3) is 4.49. The molecule has 1 fully saturated rings. The molecule has 0 aromatic rings. The molecule has 4 heteroatoms. The largest absolute Gasteiger partial charge is 0.378 e. The molecule has 0 aromatic carbocycles. The number of nitrogens with two attached hydrogens (primary N) is 1. The van der Waals surface area contributed by atoms with Gasteiger partial charge < -0.3 is 15.4 Å². The van der Waals surface area contributed by atoms with E-state index in [1.54, 1.807) is 0 Å². The highest BCUT2D eigenvalue weighted by Gasteiger charge is 2.22. The van der Waals surface area contributed by atoms with Gasteiger partial charge in [0.2, 0.25) is 5.91 Å². The molecule has 4 nitrogen and oxygen atoms in total. The van der Waals surface area contributed by atoms with Gasteiger partial charge in [-0.05, 0) is 32.2 Å². The molecular weight excluding hydrogens is 204 g/mol. The summed E-state index contributed by atoms with van der Waals surface area (Å²) in [5.74, 6) is 0.294. The second kappa shape index (κ2) is 7.63. The summed E-state index contributed by atoms with van der Waals surface area (Å²) in [6.07, 6.45) is 4.82. The lowest BCUT2D eigenvalue weighted by Crippen LogP contribution is -2.40. The van der Waals surface area contributed by atoms with E-state index in [0.29, 0.717) is 25.0 Å². The van der Waals surface area contributed by atoms with Gasteiger partial charge in [0.05, 0.1) is 6.10 Å². The van der Waals surface area contributed by atoms with E-state index in [-0.39, 0.29) is 0 Å². The van der Waals surface area contributed by atoms with Crippen LogP contribution in [0.2, 0.25) is 0 Å². The molecule has 0 spiro atoms. The van der Waals surface area contributed by atoms with Gasteiger partial charge in [0, 0.05) is 26.1 Å². The summed E-state index contributed by atoms with van der Waals surface area (Å²) >= 11 is 0. The van der Waals surface area contributed by atoms with E-state index >= 15 is 0 Å². The second-order valence-electron chi connectivity index (χ2n) is 4.34. The number of carbonyl (C=O) groups excluding carboxylic acids is 1. The van der Waals surface area contributed by atoms with Crippen molar-refractivity contribution >= 4 is 5.91 Å². The maximum Gasteiger partial charge on any atom is 0.222 e. The number of hydrogen-bond acceptors (Lipinski definition) is 3. The Kier molecular flexibility index (Phi) is 6.42. The van der Waals surface area contributed by atoms with Gasteiger partial charge in [-0.15, -0.1) is 0 Å². The quantitative estimate of drug-likeness (QED) is 0.694. The Morgan fingerprint density at radius 1 is 1.44 bits per heavy atom. The number of amides is 1. The summed E-state index contributed by atoms with van der Waals surface area (Å²) < 4.78 is 5.69. The molecule has 0 radical (unpaired) electrons. The van der Waals surface area contributed by atoms with Crippen molar-refractivity contribution in [3.05, 3.63) is 0 Å². The molecule has 94 valence electrons. The van der Waals surface area contributed by atoms with Crippen molar-refractivity contribution in [1.29, 1.82) is 0 Å². The summed E-state index contributed by atoms with van der Waals surface area (Å²) in [5, 5.41) is 0. The third-order valence-electron chi connectivity index (χ3n) is 2.96. The first kappa shape index (κ1) is 13.5. The summed E-state index contributed by atoms with van der Waals surface area (Å²) in [7, 11) is 0. The Morgan fingerprint density at radius 3 is 2.69 bits per heavy atom. The maximum atomic E-state index is 11.6. The van der Waals surface area contributed by atoms with Crippen LogP contribution in [0.15, 0.2) is 0 Å². The number of hydrogen-bond donors (Lipinski definition) is 1. The standard InChI is InChI=1S/C12H24N2O2/c1-2-4-12(15)14-8-5-11(6-9-14)16-10-3-7-13/h11H,2-10,13H2,1H3. The zero-order chi connectivity index (χ0) is 11.8. The van der Waals surface area contributed by atoms with E-state index in [1.807, 2.05) is 11.8 Å². The van der Waals surface area contributed by atoms with Crippen LogP contribution in [0, 0.1) is 0 Å². The van der Waals surface area contributed by atoms with Crippen molar-refractivity contribution in [2.75, 3.05) is 26.2 Å². The fourth-order valence-corrected chi connectivity index (χ4v) is 1.98. The van der Waals surface area contributed by atoms with E-state index in [9.17, 15) is 4.79 Å². The minimum Gasteiger partial charge on any atom is -0.378 e. The van der Waals surface area contributed by atoms with E-state index < -0.39 is 0 Å². The zero-order valence-electron chi connectivity index (χ0n) is 10.3. The monoisotopic (exact) mass is 228 g/mol. The molecule has 0 saturated carbocycles. The highest BCUT2D eigenvalue weighted by molar-refractivity contribution is 5.76. The van der Waals surface area contributed by atoms with E-state index in [2.05, 4.69) is 0 Å². The highest BCUT2D eigenvalue weighted by atomic mass is 16.5. The molecule has 1 amide bonds. The van der Waals surface area contributed by atoms with Crippen LogP contribution in [-0.2, 0) is 9.53 Å². The summed E-state index contributed by atoms with van der Waals surface area (Å²) in [5.41, 5.74) is 5.41. The highest BCUT2D eigenvalue weighted by Crippen LogP contribution is 2.15. The first-order valence-electron chi connectivity index (χ1n) is 6.37. The van der Waals surface area contributed by atoms with Crippen molar-refractivity contribution in [2.24, 2.45) is 5.73 Å². The van der Waals surface area contributed by atoms with Crippen molar-refractivity contribution in [2.45, 2.75) is 45.1 Å². The fourth-order valence-electron chi connectivity index (χ4n) is 1.98. The van der Waals surface area contributed by atoms with Gasteiger partial charge in [0.1, 0.15) is 0 Å². The molecule has 1 heterocycles. The van der Waals surface area contributed by atoms with Gasteiger partial charge in [-0.1, -0.05) is 6.92 Å². The molecule has 0 bridgehead atoms. The van der Waals surface area contributed by atoms with E-state index in [1.165, 1.54) is 0 Å². The van der Waals surface area contributed by atoms with E-state index in [0.717, 1.165) is 45.4 Å². The van der Waals surface area contributed by atoms with Crippen molar-refractivity contribution in [3.8, 4) is 0 Å². The van der Waals surface area contributed by atoms with Crippen LogP contribution in [0.5, 0.6) is 0 Å². The molecule has 1 rings (SSSR count). The average Bonchev–Trinajstić information content (AvgIpc) is 2.30. The topological polar surface area (TPSA) is 55.6 Å². The van der Waals surface area contributed by atoms with Crippen LogP contribution in [0.25, 0.3) is 0 Å². The van der Waals surface area contributed by atoms with Gasteiger partial charge in [-0.3, -0.25) is 4.79 Å². The van der Waals surface area contributed by atoms with Gasteiger partial charge in [0.25, 0.3) is 0 Å². The number of nitrogens with zero attached hydrogens (tertiary/aromatic N) is 1. The predicted octanol–water partition coefficient (Wildman–Crippen LogP) is 1.14. The molecule has 0 aliphatic carbocycles. The Balaban J connectivity index is 2.15. The van der Waals surface area contributed by atoms with Gasteiger partial charge >= 0.3 is 0 Å². The lowest BCUT2D eigenvalue weighted by molar-refractivity contribution is -0.133. The first-order chi connectivity index (χ1) is 7.77.